The fourth-order valence-corrected chi connectivity index (χ4v) is 2.73. The van der Waals surface area contributed by atoms with Crippen molar-refractivity contribution in [3.05, 3.63) is 0 Å². The van der Waals surface area contributed by atoms with Crippen LogP contribution in [-0.2, 0) is 4.79 Å². The number of piperidine rings is 1. The number of hydrogen-bond donors (Lipinski definition) is 2. The summed E-state index contributed by atoms with van der Waals surface area (Å²) < 4.78 is 0. The average Bonchev–Trinajstić information content (AvgIpc) is 3.18. The van der Waals surface area contributed by atoms with Gasteiger partial charge >= 0.3 is 12.0 Å². The fourth-order valence-electron chi connectivity index (χ4n) is 2.73. The summed E-state index contributed by atoms with van der Waals surface area (Å²) in [5, 5.41) is 11.9. The number of carboxylic acid groups (broad SMARTS) is 1. The topological polar surface area (TPSA) is 72.9 Å². The van der Waals surface area contributed by atoms with Crippen LogP contribution < -0.4 is 5.32 Å². The van der Waals surface area contributed by atoms with E-state index >= 15 is 0 Å². The molecular formula is C14H25N3O3. The summed E-state index contributed by atoms with van der Waals surface area (Å²) in [5.41, 5.74) is 0. The van der Waals surface area contributed by atoms with Crippen LogP contribution in [0.1, 0.15) is 39.0 Å². The summed E-state index contributed by atoms with van der Waals surface area (Å²) in [4.78, 5) is 27.0. The van der Waals surface area contributed by atoms with Gasteiger partial charge in [0.15, 0.2) is 0 Å². The molecule has 1 saturated heterocycles. The maximum atomic E-state index is 12.3. The second-order valence-corrected chi connectivity index (χ2v) is 6.07. The third-order valence-corrected chi connectivity index (χ3v) is 4.35. The third kappa shape index (κ3) is 4.10. The Morgan fingerprint density at radius 1 is 1.35 bits per heavy atom. The van der Waals surface area contributed by atoms with Crippen LogP contribution in [0.5, 0.6) is 0 Å². The van der Waals surface area contributed by atoms with Crippen molar-refractivity contribution < 1.29 is 14.7 Å². The van der Waals surface area contributed by atoms with Crippen LogP contribution in [0, 0.1) is 0 Å². The van der Waals surface area contributed by atoms with Crippen LogP contribution in [0.2, 0.25) is 0 Å². The summed E-state index contributed by atoms with van der Waals surface area (Å²) >= 11 is 0. The first-order valence-electron chi connectivity index (χ1n) is 7.46. The van der Waals surface area contributed by atoms with Crippen LogP contribution in [0.25, 0.3) is 0 Å². The molecule has 0 bridgehead atoms. The molecule has 114 valence electrons. The van der Waals surface area contributed by atoms with Gasteiger partial charge in [0.1, 0.15) is 0 Å². The van der Waals surface area contributed by atoms with Gasteiger partial charge in [-0.3, -0.25) is 4.79 Å². The highest BCUT2D eigenvalue weighted by molar-refractivity contribution is 5.76. The van der Waals surface area contributed by atoms with Crippen molar-refractivity contribution in [2.75, 3.05) is 20.1 Å². The molecule has 6 heteroatoms. The zero-order valence-electron chi connectivity index (χ0n) is 12.3. The lowest BCUT2D eigenvalue weighted by Crippen LogP contribution is -2.51. The number of nitrogens with one attached hydrogen (secondary N) is 1. The number of urea groups is 1. The molecule has 2 aliphatic rings. The summed E-state index contributed by atoms with van der Waals surface area (Å²) in [6.07, 6.45) is 3.94. The number of amides is 2. The molecule has 2 atom stereocenters. The maximum absolute atomic E-state index is 12.3. The van der Waals surface area contributed by atoms with Crippen LogP contribution in [0.15, 0.2) is 0 Å². The molecule has 2 rings (SSSR count). The minimum absolute atomic E-state index is 0.0216. The number of likely N-dealkylation sites (tertiary alicyclic amines) is 1. The Bertz CT molecular complexity index is 371. The predicted molar refractivity (Wildman–Crippen MR) is 75.6 cm³/mol. The van der Waals surface area contributed by atoms with Crippen molar-refractivity contribution in [1.29, 1.82) is 0 Å². The van der Waals surface area contributed by atoms with Crippen molar-refractivity contribution in [2.45, 2.75) is 57.2 Å². The molecule has 20 heavy (non-hydrogen) atoms. The molecular weight excluding hydrogens is 258 g/mol. The monoisotopic (exact) mass is 283 g/mol. The van der Waals surface area contributed by atoms with E-state index in [1.165, 1.54) is 0 Å². The predicted octanol–water partition coefficient (Wildman–Crippen LogP) is 1.12. The van der Waals surface area contributed by atoms with E-state index < -0.39 is 5.97 Å². The van der Waals surface area contributed by atoms with Crippen LogP contribution in [-0.4, -0.2) is 65.2 Å². The first-order valence-corrected chi connectivity index (χ1v) is 7.46. The molecule has 2 fully saturated rings. The summed E-state index contributed by atoms with van der Waals surface area (Å²) in [6, 6.07) is 0.843. The minimum atomic E-state index is -0.851. The van der Waals surface area contributed by atoms with Gasteiger partial charge in [0.05, 0.1) is 6.42 Å². The molecule has 2 N–H and O–H groups in total. The van der Waals surface area contributed by atoms with Gasteiger partial charge in [0.25, 0.3) is 0 Å². The highest BCUT2D eigenvalue weighted by atomic mass is 16.4. The summed E-state index contributed by atoms with van der Waals surface area (Å²) in [6.45, 7) is 3.47. The Hall–Kier alpha value is -1.30. The first kappa shape index (κ1) is 15.1. The van der Waals surface area contributed by atoms with E-state index in [0.29, 0.717) is 12.6 Å². The number of nitrogens with zero attached hydrogens (tertiary/aromatic N) is 2. The molecule has 1 saturated carbocycles. The molecule has 6 nitrogen and oxygen atoms in total. The van der Waals surface area contributed by atoms with Gasteiger partial charge in [-0.15, -0.1) is 0 Å². The lowest BCUT2D eigenvalue weighted by molar-refractivity contribution is -0.137. The molecule has 2 amide bonds. The Morgan fingerprint density at radius 3 is 2.60 bits per heavy atom. The SMILES string of the molecule is CC1CC(NC(=O)N(CCC(=O)O)C2CC2)CCN1C. The first-order chi connectivity index (χ1) is 9.47. The van der Waals surface area contributed by atoms with Gasteiger partial charge in [-0.05, 0) is 39.7 Å². The van der Waals surface area contributed by atoms with E-state index in [1.807, 2.05) is 0 Å². The van der Waals surface area contributed by atoms with Crippen molar-refractivity contribution >= 4 is 12.0 Å². The van der Waals surface area contributed by atoms with Gasteiger partial charge in [-0.25, -0.2) is 4.79 Å². The number of aliphatic carboxylic acids is 1. The van der Waals surface area contributed by atoms with E-state index in [1.54, 1.807) is 4.90 Å². The van der Waals surface area contributed by atoms with Crippen LogP contribution in [0.3, 0.4) is 0 Å². The summed E-state index contributed by atoms with van der Waals surface area (Å²) in [7, 11) is 2.10. The van der Waals surface area contributed by atoms with E-state index in [2.05, 4.69) is 24.2 Å². The standard InChI is InChI=1S/C14H25N3O3/c1-10-9-11(5-7-16(10)2)15-14(20)17(12-3-4-12)8-6-13(18)19/h10-12H,3-9H2,1-2H3,(H,15,20)(H,18,19). The Kier molecular flexibility index (Phi) is 4.86. The maximum Gasteiger partial charge on any atom is 0.317 e. The largest absolute Gasteiger partial charge is 0.481 e. The quantitative estimate of drug-likeness (QED) is 0.793. The zero-order valence-corrected chi connectivity index (χ0v) is 12.3. The molecule has 1 heterocycles. The number of hydrogen-bond acceptors (Lipinski definition) is 3. The van der Waals surface area contributed by atoms with Gasteiger partial charge in [0, 0.05) is 31.2 Å². The molecule has 0 aromatic rings. The van der Waals surface area contributed by atoms with Crippen LogP contribution >= 0.6 is 0 Å². The van der Waals surface area contributed by atoms with E-state index in [9.17, 15) is 9.59 Å². The van der Waals surface area contributed by atoms with Crippen molar-refractivity contribution in [3.8, 4) is 0 Å². The molecule has 1 aliphatic carbocycles. The second-order valence-electron chi connectivity index (χ2n) is 6.07. The number of carbonyl (C=O) groups is 2. The molecule has 2 unspecified atom stereocenters. The number of carbonyl (C=O) groups excluding carboxylic acids is 1. The Labute approximate surface area is 120 Å². The van der Waals surface area contributed by atoms with E-state index in [0.717, 1.165) is 32.2 Å². The highest BCUT2D eigenvalue weighted by Crippen LogP contribution is 2.27. The second kappa shape index (κ2) is 6.43. The third-order valence-electron chi connectivity index (χ3n) is 4.35. The van der Waals surface area contributed by atoms with Gasteiger partial charge in [0.2, 0.25) is 0 Å². The molecule has 0 aromatic carbocycles. The van der Waals surface area contributed by atoms with Gasteiger partial charge in [-0.2, -0.15) is 0 Å². The van der Waals surface area contributed by atoms with E-state index in [4.69, 9.17) is 5.11 Å². The normalized spacial score (nSPS) is 27.1. The number of rotatable bonds is 5. The number of carboxylic acids is 1. The smallest absolute Gasteiger partial charge is 0.317 e. The molecule has 1 aliphatic heterocycles. The van der Waals surface area contributed by atoms with Crippen molar-refractivity contribution in [2.24, 2.45) is 0 Å². The van der Waals surface area contributed by atoms with Crippen molar-refractivity contribution in [3.63, 3.8) is 0 Å². The minimum Gasteiger partial charge on any atom is -0.481 e. The zero-order chi connectivity index (χ0) is 14.7. The molecule has 0 spiro atoms. The van der Waals surface area contributed by atoms with Crippen LogP contribution in [0.4, 0.5) is 4.79 Å². The highest BCUT2D eigenvalue weighted by Gasteiger charge is 2.34. The molecule has 0 radical (unpaired) electrons. The van der Waals surface area contributed by atoms with E-state index in [-0.39, 0.29) is 24.5 Å². The lowest BCUT2D eigenvalue weighted by Gasteiger charge is -2.36. The van der Waals surface area contributed by atoms with Crippen molar-refractivity contribution in [1.82, 2.24) is 15.1 Å². The Morgan fingerprint density at radius 2 is 2.05 bits per heavy atom. The fraction of sp³-hybridized carbons (Fsp3) is 0.857. The van der Waals surface area contributed by atoms with Gasteiger partial charge < -0.3 is 20.2 Å². The Balaban J connectivity index is 1.83. The average molecular weight is 283 g/mol. The van der Waals surface area contributed by atoms with Gasteiger partial charge in [-0.1, -0.05) is 0 Å². The summed E-state index contributed by atoms with van der Waals surface area (Å²) in [5.74, 6) is -0.851. The molecule has 0 aromatic heterocycles. The lowest BCUT2D eigenvalue weighted by atomic mass is 9.99.